The average Bonchev–Trinajstić information content (AvgIpc) is 3.01. The van der Waals surface area contributed by atoms with E-state index < -0.39 is 0 Å². The Morgan fingerprint density at radius 2 is 2.04 bits per heavy atom. The fourth-order valence-corrected chi connectivity index (χ4v) is 2.21. The lowest BCUT2D eigenvalue weighted by Gasteiger charge is -2.18. The van der Waals surface area contributed by atoms with Gasteiger partial charge >= 0.3 is 0 Å². The number of carbonyl (C=O) groups excluding carboxylic acids is 1. The van der Waals surface area contributed by atoms with E-state index in [9.17, 15) is 4.79 Å². The number of anilines is 2. The Kier molecular flexibility index (Phi) is 4.94. The van der Waals surface area contributed by atoms with E-state index in [2.05, 4.69) is 15.5 Å². The van der Waals surface area contributed by atoms with Crippen LogP contribution in [0, 0.1) is 6.92 Å². The molecule has 0 bridgehead atoms. The van der Waals surface area contributed by atoms with Crippen LogP contribution in [0.5, 0.6) is 11.6 Å². The van der Waals surface area contributed by atoms with E-state index in [1.54, 1.807) is 25.3 Å². The van der Waals surface area contributed by atoms with Crippen LogP contribution in [0.25, 0.3) is 0 Å². The molecule has 3 rings (SSSR count). The zero-order chi connectivity index (χ0) is 17.6. The number of nitrogens with zero attached hydrogens (tertiary/aromatic N) is 3. The minimum Gasteiger partial charge on any atom is -0.439 e. The Balaban J connectivity index is 1.56. The van der Waals surface area contributed by atoms with Gasteiger partial charge in [-0.2, -0.15) is 0 Å². The van der Waals surface area contributed by atoms with Gasteiger partial charge in [0, 0.05) is 31.1 Å². The van der Waals surface area contributed by atoms with Crippen molar-refractivity contribution < 1.29 is 14.1 Å². The second-order valence-electron chi connectivity index (χ2n) is 5.49. The van der Waals surface area contributed by atoms with Crippen molar-refractivity contribution >= 4 is 17.4 Å². The maximum absolute atomic E-state index is 12.0. The first-order valence-corrected chi connectivity index (χ1v) is 7.73. The number of hydrogen-bond donors (Lipinski definition) is 1. The summed E-state index contributed by atoms with van der Waals surface area (Å²) in [6.45, 7) is 1.95. The molecule has 7 nitrogen and oxygen atoms in total. The zero-order valence-corrected chi connectivity index (χ0v) is 14.0. The monoisotopic (exact) mass is 338 g/mol. The van der Waals surface area contributed by atoms with Gasteiger partial charge in [0.25, 0.3) is 0 Å². The van der Waals surface area contributed by atoms with Gasteiger partial charge in [0.1, 0.15) is 11.5 Å². The highest BCUT2D eigenvalue weighted by molar-refractivity contribution is 5.93. The standard InChI is InChI=1S/C18H18N4O3/c1-13-11-16(21-25-13)20-17(23)12-22(2)14-6-8-15(9-7-14)24-18-5-3-4-10-19-18/h3-11H,12H2,1-2H3,(H,20,21,23). The summed E-state index contributed by atoms with van der Waals surface area (Å²) < 4.78 is 10.6. The lowest BCUT2D eigenvalue weighted by atomic mass is 10.3. The molecule has 128 valence electrons. The van der Waals surface area contributed by atoms with E-state index in [1.807, 2.05) is 48.3 Å². The van der Waals surface area contributed by atoms with E-state index in [4.69, 9.17) is 9.26 Å². The number of hydrogen-bond acceptors (Lipinski definition) is 6. The zero-order valence-electron chi connectivity index (χ0n) is 14.0. The van der Waals surface area contributed by atoms with Crippen LogP contribution in [0.15, 0.2) is 59.3 Å². The molecule has 0 radical (unpaired) electrons. The average molecular weight is 338 g/mol. The molecule has 1 N–H and O–H groups in total. The third-order valence-corrected chi connectivity index (χ3v) is 3.41. The molecular formula is C18H18N4O3. The van der Waals surface area contributed by atoms with Crippen LogP contribution in [0.3, 0.4) is 0 Å². The van der Waals surface area contributed by atoms with Crippen LogP contribution in [-0.4, -0.2) is 29.6 Å². The largest absolute Gasteiger partial charge is 0.439 e. The molecule has 0 aliphatic rings. The minimum atomic E-state index is -0.176. The minimum absolute atomic E-state index is 0.176. The van der Waals surface area contributed by atoms with Gasteiger partial charge in [0.15, 0.2) is 5.82 Å². The smallest absolute Gasteiger partial charge is 0.245 e. The molecule has 2 aromatic heterocycles. The second-order valence-corrected chi connectivity index (χ2v) is 5.49. The van der Waals surface area contributed by atoms with Crippen molar-refractivity contribution in [1.29, 1.82) is 0 Å². The predicted molar refractivity (Wildman–Crippen MR) is 93.9 cm³/mol. The van der Waals surface area contributed by atoms with E-state index in [1.165, 1.54) is 0 Å². The van der Waals surface area contributed by atoms with Gasteiger partial charge in [0.05, 0.1) is 6.54 Å². The first-order valence-electron chi connectivity index (χ1n) is 7.73. The summed E-state index contributed by atoms with van der Waals surface area (Å²) in [4.78, 5) is 18.0. The van der Waals surface area contributed by atoms with Crippen molar-refractivity contribution in [2.75, 3.05) is 23.8 Å². The van der Waals surface area contributed by atoms with Crippen molar-refractivity contribution in [3.63, 3.8) is 0 Å². The van der Waals surface area contributed by atoms with Crippen molar-refractivity contribution in [2.24, 2.45) is 0 Å². The first kappa shape index (κ1) is 16.5. The Morgan fingerprint density at radius 3 is 2.68 bits per heavy atom. The molecule has 0 fully saturated rings. The lowest BCUT2D eigenvalue weighted by Crippen LogP contribution is -2.30. The van der Waals surface area contributed by atoms with Crippen molar-refractivity contribution in [3.05, 3.63) is 60.5 Å². The molecule has 25 heavy (non-hydrogen) atoms. The van der Waals surface area contributed by atoms with Crippen molar-refractivity contribution in [1.82, 2.24) is 10.1 Å². The van der Waals surface area contributed by atoms with Crippen LogP contribution in [-0.2, 0) is 4.79 Å². The van der Waals surface area contributed by atoms with Gasteiger partial charge in [-0.15, -0.1) is 0 Å². The van der Waals surface area contributed by atoms with Gasteiger partial charge in [-0.25, -0.2) is 4.98 Å². The number of rotatable bonds is 6. The lowest BCUT2D eigenvalue weighted by molar-refractivity contribution is -0.115. The molecule has 0 aliphatic heterocycles. The molecule has 1 amide bonds. The molecule has 0 saturated heterocycles. The first-order chi connectivity index (χ1) is 12.1. The normalized spacial score (nSPS) is 10.3. The number of amides is 1. The van der Waals surface area contributed by atoms with E-state index in [-0.39, 0.29) is 12.5 Å². The molecule has 1 aromatic carbocycles. The van der Waals surface area contributed by atoms with E-state index in [0.717, 1.165) is 5.69 Å². The van der Waals surface area contributed by atoms with Crippen LogP contribution in [0.4, 0.5) is 11.5 Å². The summed E-state index contributed by atoms with van der Waals surface area (Å²) in [5.74, 6) is 2.09. The highest BCUT2D eigenvalue weighted by Gasteiger charge is 2.10. The Labute approximate surface area is 145 Å². The second kappa shape index (κ2) is 7.48. The maximum Gasteiger partial charge on any atom is 0.245 e. The summed E-state index contributed by atoms with van der Waals surface area (Å²) in [5.41, 5.74) is 0.889. The van der Waals surface area contributed by atoms with Crippen molar-refractivity contribution in [3.8, 4) is 11.6 Å². The van der Waals surface area contributed by atoms with Gasteiger partial charge in [-0.05, 0) is 37.3 Å². The Morgan fingerprint density at radius 1 is 1.24 bits per heavy atom. The SMILES string of the molecule is Cc1cc(NC(=O)CN(C)c2ccc(Oc3ccccn3)cc2)no1. The number of ether oxygens (including phenoxy) is 1. The highest BCUT2D eigenvalue weighted by Crippen LogP contribution is 2.22. The van der Waals surface area contributed by atoms with Crippen LogP contribution in [0.1, 0.15) is 5.76 Å². The molecule has 0 spiro atoms. The number of benzene rings is 1. The molecule has 2 heterocycles. The molecule has 0 unspecified atom stereocenters. The third kappa shape index (κ3) is 4.57. The topological polar surface area (TPSA) is 80.5 Å². The van der Waals surface area contributed by atoms with Crippen LogP contribution in [0.2, 0.25) is 0 Å². The number of aromatic nitrogens is 2. The maximum atomic E-state index is 12.0. The fourth-order valence-electron chi connectivity index (χ4n) is 2.21. The number of aryl methyl sites for hydroxylation is 1. The predicted octanol–water partition coefficient (Wildman–Crippen LogP) is 3.25. The summed E-state index contributed by atoms with van der Waals surface area (Å²) in [6, 6.07) is 14.6. The summed E-state index contributed by atoms with van der Waals surface area (Å²) in [5, 5.41) is 6.43. The number of carbonyl (C=O) groups is 1. The van der Waals surface area contributed by atoms with Gasteiger partial charge in [-0.1, -0.05) is 11.2 Å². The number of nitrogens with one attached hydrogen (secondary N) is 1. The van der Waals surface area contributed by atoms with E-state index in [0.29, 0.717) is 23.2 Å². The van der Waals surface area contributed by atoms with Crippen LogP contribution < -0.4 is 15.0 Å². The molecule has 0 atom stereocenters. The quantitative estimate of drug-likeness (QED) is 0.743. The third-order valence-electron chi connectivity index (χ3n) is 3.41. The molecular weight excluding hydrogens is 320 g/mol. The molecule has 0 saturated carbocycles. The Hall–Kier alpha value is -3.35. The summed E-state index contributed by atoms with van der Waals surface area (Å²) in [6.07, 6.45) is 1.67. The van der Waals surface area contributed by atoms with Crippen molar-refractivity contribution in [2.45, 2.75) is 6.92 Å². The summed E-state index contributed by atoms with van der Waals surface area (Å²) >= 11 is 0. The molecule has 0 aliphatic carbocycles. The van der Waals surface area contributed by atoms with Gasteiger partial charge in [-0.3, -0.25) is 4.79 Å². The highest BCUT2D eigenvalue weighted by atomic mass is 16.5. The van der Waals surface area contributed by atoms with Crippen LogP contribution >= 0.6 is 0 Å². The number of pyridine rings is 1. The summed E-state index contributed by atoms with van der Waals surface area (Å²) in [7, 11) is 1.84. The molecule has 3 aromatic rings. The van der Waals surface area contributed by atoms with E-state index >= 15 is 0 Å². The fraction of sp³-hybridized carbons (Fsp3) is 0.167. The van der Waals surface area contributed by atoms with Gasteiger partial charge < -0.3 is 19.5 Å². The Bertz CT molecular complexity index is 831. The van der Waals surface area contributed by atoms with Gasteiger partial charge in [0.2, 0.25) is 11.8 Å². The number of likely N-dealkylation sites (N-methyl/N-ethyl adjacent to an activating group) is 1. The molecule has 7 heteroatoms.